The Balaban J connectivity index is 2.03. The maximum Gasteiger partial charge on any atom is 0.307 e. The molecule has 0 bridgehead atoms. The Morgan fingerprint density at radius 2 is 1.90 bits per heavy atom. The average Bonchev–Trinajstić information content (AvgIpc) is 2.74. The average molecular weight is 419 g/mol. The van der Waals surface area contributed by atoms with Crippen LogP contribution in [0.1, 0.15) is 61.1 Å². The molecule has 1 unspecified atom stereocenters. The molecule has 0 aliphatic rings. The molecule has 0 spiro atoms. The van der Waals surface area contributed by atoms with E-state index in [9.17, 15) is 9.59 Å². The van der Waals surface area contributed by atoms with Gasteiger partial charge in [-0.1, -0.05) is 43.5 Å². The maximum atomic E-state index is 12.2. The SMILES string of the molecule is CCCCCC(Oc1ccc(Cl)nc1)c1ccc(C(=O)NCCC(=O)OC)cc1. The van der Waals surface area contributed by atoms with E-state index in [1.807, 2.05) is 12.1 Å². The molecule has 0 fully saturated rings. The summed E-state index contributed by atoms with van der Waals surface area (Å²) in [6.45, 7) is 2.40. The van der Waals surface area contributed by atoms with Crippen LogP contribution in [0.5, 0.6) is 5.75 Å². The van der Waals surface area contributed by atoms with Gasteiger partial charge in [-0.25, -0.2) is 4.98 Å². The van der Waals surface area contributed by atoms with Crippen molar-refractivity contribution in [1.82, 2.24) is 10.3 Å². The predicted octanol–water partition coefficient (Wildman–Crippen LogP) is 4.73. The van der Waals surface area contributed by atoms with Crippen molar-refractivity contribution in [3.63, 3.8) is 0 Å². The molecule has 0 radical (unpaired) electrons. The zero-order chi connectivity index (χ0) is 21.1. The van der Waals surface area contributed by atoms with Gasteiger partial charge in [0, 0.05) is 12.1 Å². The lowest BCUT2D eigenvalue weighted by Crippen LogP contribution is -2.26. The first kappa shape index (κ1) is 22.7. The molecule has 6 nitrogen and oxygen atoms in total. The van der Waals surface area contributed by atoms with Gasteiger partial charge in [0.05, 0.1) is 19.7 Å². The van der Waals surface area contributed by atoms with Crippen molar-refractivity contribution in [2.75, 3.05) is 13.7 Å². The van der Waals surface area contributed by atoms with Crippen molar-refractivity contribution in [2.24, 2.45) is 0 Å². The minimum absolute atomic E-state index is 0.138. The molecule has 1 heterocycles. The summed E-state index contributed by atoms with van der Waals surface area (Å²) in [5.41, 5.74) is 1.52. The van der Waals surface area contributed by atoms with E-state index < -0.39 is 0 Å². The minimum atomic E-state index is -0.357. The number of esters is 1. The molecule has 2 aromatic rings. The van der Waals surface area contributed by atoms with Crippen molar-refractivity contribution in [2.45, 2.75) is 45.1 Å². The molecular formula is C22H27ClN2O4. The number of pyridine rings is 1. The summed E-state index contributed by atoms with van der Waals surface area (Å²) in [5, 5.41) is 3.13. The molecule has 7 heteroatoms. The molecule has 0 aliphatic heterocycles. The molecule has 0 saturated heterocycles. The molecule has 29 heavy (non-hydrogen) atoms. The topological polar surface area (TPSA) is 77.5 Å². The second-order valence-corrected chi connectivity index (χ2v) is 7.01. The van der Waals surface area contributed by atoms with Crippen molar-refractivity contribution in [3.05, 3.63) is 58.9 Å². The lowest BCUT2D eigenvalue weighted by atomic mass is 10.0. The highest BCUT2D eigenvalue weighted by atomic mass is 35.5. The molecule has 0 saturated carbocycles. The van der Waals surface area contributed by atoms with Crippen LogP contribution in [0.3, 0.4) is 0 Å². The molecule has 1 N–H and O–H groups in total. The van der Waals surface area contributed by atoms with Crippen molar-refractivity contribution in [1.29, 1.82) is 0 Å². The number of rotatable bonds is 11. The highest BCUT2D eigenvalue weighted by molar-refractivity contribution is 6.29. The first-order valence-corrected chi connectivity index (χ1v) is 10.1. The van der Waals surface area contributed by atoms with Gasteiger partial charge in [0.1, 0.15) is 17.0 Å². The Labute approximate surface area is 176 Å². The lowest BCUT2D eigenvalue weighted by molar-refractivity contribution is -0.140. The molecule has 156 valence electrons. The van der Waals surface area contributed by atoms with Crippen LogP contribution in [0.25, 0.3) is 0 Å². The van der Waals surface area contributed by atoms with Gasteiger partial charge >= 0.3 is 5.97 Å². The highest BCUT2D eigenvalue weighted by Gasteiger charge is 2.15. The molecular weight excluding hydrogens is 392 g/mol. The number of amides is 1. The van der Waals surface area contributed by atoms with Crippen molar-refractivity contribution >= 4 is 23.5 Å². The van der Waals surface area contributed by atoms with E-state index >= 15 is 0 Å². The fourth-order valence-corrected chi connectivity index (χ4v) is 2.91. The molecule has 1 aromatic carbocycles. The van der Waals surface area contributed by atoms with E-state index in [0.717, 1.165) is 31.2 Å². The molecule has 1 atom stereocenters. The third kappa shape index (κ3) is 7.74. The minimum Gasteiger partial charge on any atom is -0.484 e. The fourth-order valence-electron chi connectivity index (χ4n) is 2.80. The second-order valence-electron chi connectivity index (χ2n) is 6.62. The highest BCUT2D eigenvalue weighted by Crippen LogP contribution is 2.27. The van der Waals surface area contributed by atoms with Gasteiger partial charge in [0.2, 0.25) is 0 Å². The summed E-state index contributed by atoms with van der Waals surface area (Å²) in [6.07, 6.45) is 5.76. The number of hydrogen-bond donors (Lipinski definition) is 1. The third-order valence-electron chi connectivity index (χ3n) is 4.44. The number of carbonyl (C=O) groups is 2. The number of nitrogens with one attached hydrogen (secondary N) is 1. The summed E-state index contributed by atoms with van der Waals surface area (Å²) < 4.78 is 10.7. The zero-order valence-electron chi connectivity index (χ0n) is 16.8. The second kappa shape index (κ2) is 12.1. The van der Waals surface area contributed by atoms with Crippen molar-refractivity contribution < 1.29 is 19.1 Å². The Morgan fingerprint density at radius 3 is 2.52 bits per heavy atom. The van der Waals surface area contributed by atoms with Crippen LogP contribution in [0.15, 0.2) is 42.6 Å². The largest absolute Gasteiger partial charge is 0.484 e. The first-order chi connectivity index (χ1) is 14.0. The molecule has 1 amide bonds. The van der Waals surface area contributed by atoms with E-state index in [2.05, 4.69) is 22.0 Å². The number of carbonyl (C=O) groups excluding carboxylic acids is 2. The number of hydrogen-bond acceptors (Lipinski definition) is 5. The lowest BCUT2D eigenvalue weighted by Gasteiger charge is -2.20. The van der Waals surface area contributed by atoms with Crippen LogP contribution < -0.4 is 10.1 Å². The number of ether oxygens (including phenoxy) is 2. The van der Waals surface area contributed by atoms with Crippen molar-refractivity contribution in [3.8, 4) is 5.75 Å². The van der Waals surface area contributed by atoms with Crippen LogP contribution in [0.4, 0.5) is 0 Å². The fraction of sp³-hybridized carbons (Fsp3) is 0.409. The van der Waals surface area contributed by atoms with Gasteiger partial charge in [-0.2, -0.15) is 0 Å². The number of methoxy groups -OCH3 is 1. The smallest absolute Gasteiger partial charge is 0.307 e. The monoisotopic (exact) mass is 418 g/mol. The summed E-state index contributed by atoms with van der Waals surface area (Å²) >= 11 is 5.85. The first-order valence-electron chi connectivity index (χ1n) is 9.76. The van der Waals surface area contributed by atoms with Gasteiger partial charge in [-0.3, -0.25) is 9.59 Å². The van der Waals surface area contributed by atoms with E-state index in [-0.39, 0.29) is 30.9 Å². The van der Waals surface area contributed by atoms with E-state index in [1.165, 1.54) is 7.11 Å². The Kier molecular flexibility index (Phi) is 9.44. The van der Waals surface area contributed by atoms with E-state index in [0.29, 0.717) is 16.5 Å². The normalized spacial score (nSPS) is 11.6. The van der Waals surface area contributed by atoms with E-state index in [1.54, 1.807) is 30.5 Å². The van der Waals surface area contributed by atoms with E-state index in [4.69, 9.17) is 16.3 Å². The van der Waals surface area contributed by atoms with Crippen LogP contribution in [-0.2, 0) is 9.53 Å². The molecule has 1 aromatic heterocycles. The summed E-state index contributed by atoms with van der Waals surface area (Å²) in [6, 6.07) is 10.8. The van der Waals surface area contributed by atoms with Gasteiger partial charge in [0.15, 0.2) is 0 Å². The number of benzene rings is 1. The number of unbranched alkanes of at least 4 members (excludes halogenated alkanes) is 2. The van der Waals surface area contributed by atoms with Crippen LogP contribution in [-0.4, -0.2) is 30.5 Å². The standard InChI is InChI=1S/C22H27ClN2O4/c1-3-4-5-6-19(29-18-11-12-20(23)25-15-18)16-7-9-17(10-8-16)22(27)24-14-13-21(26)28-2/h7-12,15,19H,3-6,13-14H2,1-2H3,(H,24,27). The van der Waals surface area contributed by atoms with Crippen LogP contribution in [0, 0.1) is 0 Å². The Hall–Kier alpha value is -2.60. The summed E-state index contributed by atoms with van der Waals surface area (Å²) in [7, 11) is 1.32. The Bertz CT molecular complexity index is 778. The Morgan fingerprint density at radius 1 is 1.14 bits per heavy atom. The molecule has 0 aliphatic carbocycles. The number of aromatic nitrogens is 1. The predicted molar refractivity (Wildman–Crippen MR) is 112 cm³/mol. The van der Waals surface area contributed by atoms with Gasteiger partial charge in [-0.05, 0) is 42.7 Å². The van der Waals surface area contributed by atoms with Crippen LogP contribution >= 0.6 is 11.6 Å². The summed E-state index contributed by atoms with van der Waals surface area (Å²) in [4.78, 5) is 27.4. The summed E-state index contributed by atoms with van der Waals surface area (Å²) in [5.74, 6) is 0.0655. The maximum absolute atomic E-state index is 12.2. The van der Waals surface area contributed by atoms with Gasteiger partial charge < -0.3 is 14.8 Å². The zero-order valence-corrected chi connectivity index (χ0v) is 17.6. The third-order valence-corrected chi connectivity index (χ3v) is 4.66. The van der Waals surface area contributed by atoms with Gasteiger partial charge in [-0.15, -0.1) is 0 Å². The number of nitrogens with zero attached hydrogens (tertiary/aromatic N) is 1. The van der Waals surface area contributed by atoms with Crippen LogP contribution in [0.2, 0.25) is 5.15 Å². The van der Waals surface area contributed by atoms with Gasteiger partial charge in [0.25, 0.3) is 5.91 Å². The molecule has 2 rings (SSSR count). The quantitative estimate of drug-likeness (QED) is 0.324. The number of halogens is 1.